The van der Waals surface area contributed by atoms with Crippen molar-refractivity contribution in [1.29, 1.82) is 0 Å². The maximum atomic E-state index is 13.8. The molecule has 0 fully saturated rings. The zero-order valence-electron chi connectivity index (χ0n) is 32.2. The van der Waals surface area contributed by atoms with Gasteiger partial charge in [0.05, 0.1) is 22.6 Å². The van der Waals surface area contributed by atoms with Crippen molar-refractivity contribution in [3.63, 3.8) is 0 Å². The Labute approximate surface area is 336 Å². The molecule has 294 valence electrons. The van der Waals surface area contributed by atoms with E-state index in [1.807, 2.05) is 19.9 Å². The van der Waals surface area contributed by atoms with E-state index >= 15 is 0 Å². The van der Waals surface area contributed by atoms with Gasteiger partial charge in [-0.3, -0.25) is 19.1 Å². The Morgan fingerprint density at radius 1 is 0.926 bits per heavy atom. The van der Waals surface area contributed by atoms with E-state index in [0.717, 1.165) is 82.1 Å². The molecule has 54 heavy (non-hydrogen) atoms. The van der Waals surface area contributed by atoms with Crippen molar-refractivity contribution in [2.24, 2.45) is 16.4 Å². The Morgan fingerprint density at radius 3 is 2.20 bits per heavy atom. The number of unbranched alkanes of at least 4 members (excludes halogenated alkanes) is 7. The first-order chi connectivity index (χ1) is 26.0. The number of rotatable bonds is 22. The van der Waals surface area contributed by atoms with Gasteiger partial charge in [0, 0.05) is 22.8 Å². The van der Waals surface area contributed by atoms with E-state index in [1.54, 1.807) is 18.5 Å². The van der Waals surface area contributed by atoms with Gasteiger partial charge < -0.3 is 10.1 Å². The van der Waals surface area contributed by atoms with Crippen molar-refractivity contribution >= 4 is 64.1 Å². The molecule has 1 aliphatic rings. The third-order valence-electron chi connectivity index (χ3n) is 10.7. The number of amides is 2. The van der Waals surface area contributed by atoms with E-state index in [9.17, 15) is 14.4 Å². The molecule has 4 rings (SSSR count). The van der Waals surface area contributed by atoms with Gasteiger partial charge in [-0.05, 0) is 68.2 Å². The fourth-order valence-electron chi connectivity index (χ4n) is 6.99. The first-order valence-electron chi connectivity index (χ1n) is 19.6. The van der Waals surface area contributed by atoms with Gasteiger partial charge in [-0.1, -0.05) is 144 Å². The maximum Gasteiger partial charge on any atom is 0.308 e. The van der Waals surface area contributed by atoms with Gasteiger partial charge in [0.2, 0.25) is 5.91 Å². The molecule has 0 radical (unpaired) electrons. The largest absolute Gasteiger partial charge is 0.465 e. The van der Waals surface area contributed by atoms with Crippen LogP contribution in [0.5, 0.6) is 0 Å². The summed E-state index contributed by atoms with van der Waals surface area (Å²) in [6.07, 6.45) is 16.4. The van der Waals surface area contributed by atoms with Crippen LogP contribution in [0.1, 0.15) is 135 Å². The van der Waals surface area contributed by atoms with Gasteiger partial charge in [0.1, 0.15) is 5.69 Å². The van der Waals surface area contributed by atoms with Crippen molar-refractivity contribution < 1.29 is 19.1 Å². The minimum absolute atomic E-state index is 0.0444. The minimum atomic E-state index is -0.994. The van der Waals surface area contributed by atoms with E-state index in [0.29, 0.717) is 30.4 Å². The predicted molar refractivity (Wildman–Crippen MR) is 219 cm³/mol. The number of aromatic nitrogens is 2. The molecule has 1 N–H and O–H groups in total. The lowest BCUT2D eigenvalue weighted by Crippen LogP contribution is -2.45. The molecule has 4 unspecified atom stereocenters. The predicted octanol–water partition coefficient (Wildman–Crippen LogP) is 11.3. The molecule has 1 aliphatic heterocycles. The number of benzene rings is 2. The number of anilines is 1. The Morgan fingerprint density at radius 2 is 1.59 bits per heavy atom. The number of carbonyl (C=O) groups excluding carboxylic acids is 3. The number of nitrogens with one attached hydrogen (secondary N) is 1. The monoisotopic (exact) mass is 799 g/mol. The molecule has 1 aromatic heterocycles. The van der Waals surface area contributed by atoms with Crippen LogP contribution in [0.25, 0.3) is 0 Å². The highest BCUT2D eigenvalue weighted by Crippen LogP contribution is 2.40. The Hall–Kier alpha value is -3.40. The Balaban J connectivity index is 1.25. The average Bonchev–Trinajstić information content (AvgIpc) is 3.79. The highest BCUT2D eigenvalue weighted by Gasteiger charge is 2.43. The van der Waals surface area contributed by atoms with E-state index in [2.05, 4.69) is 53.6 Å². The summed E-state index contributed by atoms with van der Waals surface area (Å²) >= 11 is 19.0. The van der Waals surface area contributed by atoms with E-state index in [4.69, 9.17) is 39.5 Å². The molecule has 0 saturated carbocycles. The minimum Gasteiger partial charge on any atom is -0.465 e. The Bertz CT molecular complexity index is 1660. The average molecular weight is 801 g/mol. The maximum absolute atomic E-state index is 13.8. The summed E-state index contributed by atoms with van der Waals surface area (Å²) in [4.78, 5) is 40.6. The standard InChI is InChI=1S/C42H56Cl3N5O4/c1-5-8-26-54-40(52)32(27-30(6-2)31-20-16-14-17-21-31)22-15-12-10-9-11-13-18-23-42(4,7-3)41(53)47-38-37(49-25-19-24-46-49)39(51)50(48-38)36-34(44)28-33(43)29-35(36)45/h14,16-17,19-21,24-25,28-30,32,37H,5-13,15,18,22-23,26-27H2,1-4H3,(H,47,48,53). The highest BCUT2D eigenvalue weighted by atomic mass is 35.5. The van der Waals surface area contributed by atoms with E-state index in [1.165, 1.54) is 22.4 Å². The molecule has 9 nitrogen and oxygen atoms in total. The summed E-state index contributed by atoms with van der Waals surface area (Å²) in [5.74, 6) is -0.291. The van der Waals surface area contributed by atoms with E-state index in [-0.39, 0.29) is 39.4 Å². The molecule has 12 heteroatoms. The molecule has 0 saturated heterocycles. The van der Waals surface area contributed by atoms with Crippen molar-refractivity contribution in [2.45, 2.75) is 130 Å². The number of ether oxygens (including phenoxy) is 1. The van der Waals surface area contributed by atoms with Gasteiger partial charge in [-0.15, -0.1) is 5.10 Å². The zero-order chi connectivity index (χ0) is 39.1. The summed E-state index contributed by atoms with van der Waals surface area (Å²) in [5, 5.41) is 13.5. The third-order valence-corrected chi connectivity index (χ3v) is 11.4. The molecule has 2 amide bonds. The van der Waals surface area contributed by atoms with Crippen molar-refractivity contribution in [3.8, 4) is 0 Å². The molecular formula is C42H56Cl3N5O4. The summed E-state index contributed by atoms with van der Waals surface area (Å²) in [6.45, 7) is 8.76. The van der Waals surface area contributed by atoms with Crippen LogP contribution in [0, 0.1) is 11.3 Å². The molecule has 2 aromatic carbocycles. The Kier molecular flexibility index (Phi) is 17.4. The van der Waals surface area contributed by atoms with Crippen molar-refractivity contribution in [3.05, 3.63) is 81.6 Å². The first-order valence-corrected chi connectivity index (χ1v) is 20.7. The van der Waals surface area contributed by atoms with Gasteiger partial charge in [0.25, 0.3) is 5.91 Å². The number of hydrogen-bond donors (Lipinski definition) is 1. The van der Waals surface area contributed by atoms with Gasteiger partial charge >= 0.3 is 5.97 Å². The van der Waals surface area contributed by atoms with Crippen LogP contribution in [-0.2, 0) is 19.1 Å². The van der Waals surface area contributed by atoms with Crippen LogP contribution in [-0.4, -0.2) is 40.0 Å². The van der Waals surface area contributed by atoms with Gasteiger partial charge in [0.15, 0.2) is 11.9 Å². The lowest BCUT2D eigenvalue weighted by atomic mass is 9.81. The molecule has 0 bridgehead atoms. The molecule has 0 aliphatic carbocycles. The molecule has 3 aromatic rings. The fraction of sp³-hybridized carbons (Fsp3) is 0.548. The van der Waals surface area contributed by atoms with Crippen molar-refractivity contribution in [2.75, 3.05) is 11.6 Å². The third kappa shape index (κ3) is 11.8. The smallest absolute Gasteiger partial charge is 0.308 e. The molecule has 4 atom stereocenters. The van der Waals surface area contributed by atoms with Crippen LogP contribution in [0.2, 0.25) is 15.1 Å². The topological polar surface area (TPSA) is 106 Å². The number of hydrogen-bond acceptors (Lipinski definition) is 6. The second kappa shape index (κ2) is 21.6. The number of amidine groups is 1. The number of carbonyl (C=O) groups is 3. The number of nitrogens with zero attached hydrogens (tertiary/aromatic N) is 4. The summed E-state index contributed by atoms with van der Waals surface area (Å²) < 4.78 is 7.15. The van der Waals surface area contributed by atoms with Crippen LogP contribution in [0.3, 0.4) is 0 Å². The van der Waals surface area contributed by atoms with Crippen molar-refractivity contribution in [1.82, 2.24) is 15.1 Å². The number of esters is 1. The zero-order valence-corrected chi connectivity index (χ0v) is 34.4. The second-order valence-corrected chi connectivity index (χ2v) is 15.8. The number of halogens is 3. The second-order valence-electron chi connectivity index (χ2n) is 14.6. The normalized spacial score (nSPS) is 16.5. The van der Waals surface area contributed by atoms with Crippen LogP contribution >= 0.6 is 34.8 Å². The molecule has 2 heterocycles. The molecule has 0 spiro atoms. The summed E-state index contributed by atoms with van der Waals surface area (Å²) in [6, 6.07) is 14.2. The van der Waals surface area contributed by atoms with Gasteiger partial charge in [-0.2, -0.15) is 10.1 Å². The summed E-state index contributed by atoms with van der Waals surface area (Å²) in [7, 11) is 0. The lowest BCUT2D eigenvalue weighted by molar-refractivity contribution is -0.149. The lowest BCUT2D eigenvalue weighted by Gasteiger charge is -2.27. The highest BCUT2D eigenvalue weighted by molar-refractivity contribution is 6.42. The van der Waals surface area contributed by atoms with Gasteiger partial charge in [-0.25, -0.2) is 0 Å². The fourth-order valence-corrected chi connectivity index (χ4v) is 7.97. The van der Waals surface area contributed by atoms with E-state index < -0.39 is 17.4 Å². The van der Waals surface area contributed by atoms with Crippen LogP contribution < -0.4 is 10.3 Å². The molecular weight excluding hydrogens is 745 g/mol. The van der Waals surface area contributed by atoms with Crippen LogP contribution in [0.15, 0.2) is 66.0 Å². The van der Waals surface area contributed by atoms with Crippen LogP contribution in [0.4, 0.5) is 5.69 Å². The number of hydrazone groups is 1. The summed E-state index contributed by atoms with van der Waals surface area (Å²) in [5.41, 5.74) is 0.811. The quantitative estimate of drug-likeness (QED) is 0.0804. The SMILES string of the molecule is CCCCOC(=O)C(CCCCCCCCCC(C)(CC)C(=O)NC1=NN(c2c(Cl)cc(Cl)cc2Cl)C(=O)C1n1cccn1)CC(CC)c1ccccc1. The first kappa shape index (κ1) is 43.3.